The lowest BCUT2D eigenvalue weighted by atomic mass is 10.0. The van der Waals surface area contributed by atoms with Gasteiger partial charge in [0.05, 0.1) is 17.9 Å². The highest BCUT2D eigenvalue weighted by Gasteiger charge is 2.16. The highest BCUT2D eigenvalue weighted by atomic mass is 16.2. The first-order valence-electron chi connectivity index (χ1n) is 9.64. The quantitative estimate of drug-likeness (QED) is 0.660. The van der Waals surface area contributed by atoms with Crippen LogP contribution in [0.2, 0.25) is 0 Å². The van der Waals surface area contributed by atoms with Gasteiger partial charge < -0.3 is 4.90 Å². The van der Waals surface area contributed by atoms with E-state index in [0.717, 1.165) is 46.0 Å². The Labute approximate surface area is 167 Å². The molecule has 0 radical (unpaired) electrons. The minimum Gasteiger partial charge on any atom is -0.336 e. The number of pyridine rings is 1. The normalized spacial score (nSPS) is 10.9. The molecule has 3 aromatic rings. The Morgan fingerprint density at radius 1 is 1.07 bits per heavy atom. The number of aromatic nitrogens is 3. The maximum atomic E-state index is 12.8. The van der Waals surface area contributed by atoms with Crippen LogP contribution in [0.25, 0.3) is 11.1 Å². The van der Waals surface area contributed by atoms with E-state index in [2.05, 4.69) is 23.9 Å². The first kappa shape index (κ1) is 19.8. The van der Waals surface area contributed by atoms with E-state index >= 15 is 0 Å². The molecule has 28 heavy (non-hydrogen) atoms. The van der Waals surface area contributed by atoms with Crippen LogP contribution in [0.3, 0.4) is 0 Å². The van der Waals surface area contributed by atoms with Crippen LogP contribution in [0.15, 0.2) is 36.4 Å². The van der Waals surface area contributed by atoms with Crippen molar-refractivity contribution in [3.05, 3.63) is 70.3 Å². The van der Waals surface area contributed by atoms with E-state index in [1.807, 2.05) is 68.9 Å². The number of hydrogen-bond acceptors (Lipinski definition) is 3. The van der Waals surface area contributed by atoms with Gasteiger partial charge in [0, 0.05) is 36.1 Å². The molecule has 5 nitrogen and oxygen atoms in total. The molecule has 0 bridgehead atoms. The van der Waals surface area contributed by atoms with Gasteiger partial charge in [-0.15, -0.1) is 0 Å². The fourth-order valence-electron chi connectivity index (χ4n) is 3.74. The van der Waals surface area contributed by atoms with Crippen LogP contribution < -0.4 is 0 Å². The third kappa shape index (κ3) is 3.98. The predicted octanol–water partition coefficient (Wildman–Crippen LogP) is 4.47. The molecule has 1 aromatic carbocycles. The number of nitrogens with zero attached hydrogens (tertiary/aromatic N) is 4. The summed E-state index contributed by atoms with van der Waals surface area (Å²) in [5.74, 6) is -0.00907. The number of aryl methyl sites for hydroxylation is 4. The van der Waals surface area contributed by atoms with Crippen LogP contribution in [0.1, 0.15) is 45.6 Å². The van der Waals surface area contributed by atoms with E-state index in [4.69, 9.17) is 0 Å². The molecular weight excluding hydrogens is 348 g/mol. The van der Waals surface area contributed by atoms with Crippen molar-refractivity contribution in [1.82, 2.24) is 19.7 Å². The van der Waals surface area contributed by atoms with Gasteiger partial charge in [-0.1, -0.05) is 12.1 Å². The van der Waals surface area contributed by atoms with E-state index in [9.17, 15) is 4.79 Å². The molecule has 0 atom stereocenters. The largest absolute Gasteiger partial charge is 0.336 e. The molecule has 3 rings (SSSR count). The Balaban J connectivity index is 1.79. The van der Waals surface area contributed by atoms with Crippen molar-refractivity contribution in [2.24, 2.45) is 0 Å². The van der Waals surface area contributed by atoms with E-state index in [1.165, 1.54) is 0 Å². The molecule has 0 fully saturated rings. The molecule has 5 heteroatoms. The van der Waals surface area contributed by atoms with Gasteiger partial charge in [0.2, 0.25) is 0 Å². The second-order valence-electron chi connectivity index (χ2n) is 7.38. The molecule has 146 valence electrons. The summed E-state index contributed by atoms with van der Waals surface area (Å²) in [6, 6.07) is 11.9. The lowest BCUT2D eigenvalue weighted by Gasteiger charge is -2.17. The summed E-state index contributed by atoms with van der Waals surface area (Å²) in [5.41, 5.74) is 8.11. The Morgan fingerprint density at radius 3 is 2.32 bits per heavy atom. The summed E-state index contributed by atoms with van der Waals surface area (Å²) in [4.78, 5) is 19.1. The molecule has 0 aliphatic rings. The number of carbonyl (C=O) groups excluding carboxylic acids is 1. The summed E-state index contributed by atoms with van der Waals surface area (Å²) < 4.78 is 2.01. The Kier molecular flexibility index (Phi) is 5.63. The van der Waals surface area contributed by atoms with E-state index in [1.54, 1.807) is 4.90 Å². The van der Waals surface area contributed by atoms with Gasteiger partial charge in [-0.3, -0.25) is 14.5 Å². The summed E-state index contributed by atoms with van der Waals surface area (Å²) in [7, 11) is 1.81. The highest BCUT2D eigenvalue weighted by molar-refractivity contribution is 5.94. The molecule has 1 amide bonds. The number of benzene rings is 1. The zero-order chi connectivity index (χ0) is 20.4. The number of rotatable bonds is 5. The van der Waals surface area contributed by atoms with E-state index in [-0.39, 0.29) is 5.91 Å². The second-order valence-corrected chi connectivity index (χ2v) is 7.38. The van der Waals surface area contributed by atoms with Gasteiger partial charge >= 0.3 is 0 Å². The monoisotopic (exact) mass is 376 g/mol. The Bertz CT molecular complexity index is 982. The molecule has 2 aromatic heterocycles. The number of carbonyl (C=O) groups is 1. The van der Waals surface area contributed by atoms with Crippen LogP contribution in [0.4, 0.5) is 0 Å². The molecule has 0 saturated carbocycles. The third-order valence-corrected chi connectivity index (χ3v) is 5.00. The van der Waals surface area contributed by atoms with Crippen molar-refractivity contribution >= 4 is 5.91 Å². The van der Waals surface area contributed by atoms with Crippen molar-refractivity contribution in [2.45, 2.75) is 47.7 Å². The molecule has 0 unspecified atom stereocenters. The average Bonchev–Trinajstić information content (AvgIpc) is 2.94. The van der Waals surface area contributed by atoms with Gasteiger partial charge in [0.25, 0.3) is 5.91 Å². The standard InChI is InChI=1S/C23H28N4O/c1-7-27-18(5)22(17(4)25-27)19-8-10-20(11-9-19)23(28)26(6)14-21-13-15(2)12-16(3)24-21/h8-13H,7,14H2,1-6H3. The Hall–Kier alpha value is -2.95. The van der Waals surface area contributed by atoms with E-state index in [0.29, 0.717) is 12.1 Å². The summed E-state index contributed by atoms with van der Waals surface area (Å²) in [6.45, 7) is 11.6. The molecule has 2 heterocycles. The fourth-order valence-corrected chi connectivity index (χ4v) is 3.74. The summed E-state index contributed by atoms with van der Waals surface area (Å²) in [6.07, 6.45) is 0. The first-order valence-corrected chi connectivity index (χ1v) is 9.64. The van der Waals surface area contributed by atoms with Gasteiger partial charge in [-0.25, -0.2) is 0 Å². The van der Waals surface area contributed by atoms with Crippen LogP contribution in [0.5, 0.6) is 0 Å². The van der Waals surface area contributed by atoms with Crippen LogP contribution in [-0.4, -0.2) is 32.6 Å². The van der Waals surface area contributed by atoms with Gasteiger partial charge in [0.15, 0.2) is 0 Å². The zero-order valence-corrected chi connectivity index (χ0v) is 17.6. The SMILES string of the molecule is CCn1nc(C)c(-c2ccc(C(=O)N(C)Cc3cc(C)cc(C)n3)cc2)c1C. The maximum Gasteiger partial charge on any atom is 0.253 e. The molecule has 0 saturated heterocycles. The van der Waals surface area contributed by atoms with Gasteiger partial charge in [0.1, 0.15) is 0 Å². The third-order valence-electron chi connectivity index (χ3n) is 5.00. The minimum atomic E-state index is -0.00907. The van der Waals surface area contributed by atoms with Gasteiger partial charge in [-0.2, -0.15) is 5.10 Å². The fraction of sp³-hybridized carbons (Fsp3) is 0.348. The first-order chi connectivity index (χ1) is 13.3. The Morgan fingerprint density at radius 2 is 1.75 bits per heavy atom. The summed E-state index contributed by atoms with van der Waals surface area (Å²) >= 11 is 0. The summed E-state index contributed by atoms with van der Waals surface area (Å²) in [5, 5.41) is 4.59. The van der Waals surface area contributed by atoms with Crippen LogP contribution in [-0.2, 0) is 13.1 Å². The van der Waals surface area contributed by atoms with Crippen LogP contribution in [0, 0.1) is 27.7 Å². The van der Waals surface area contributed by atoms with Crippen molar-refractivity contribution in [1.29, 1.82) is 0 Å². The predicted molar refractivity (Wildman–Crippen MR) is 112 cm³/mol. The number of hydrogen-bond donors (Lipinski definition) is 0. The zero-order valence-electron chi connectivity index (χ0n) is 17.6. The average molecular weight is 377 g/mol. The topological polar surface area (TPSA) is 51.0 Å². The van der Waals surface area contributed by atoms with Gasteiger partial charge in [-0.05, 0) is 70.0 Å². The second kappa shape index (κ2) is 7.97. The lowest BCUT2D eigenvalue weighted by molar-refractivity contribution is 0.0783. The lowest BCUT2D eigenvalue weighted by Crippen LogP contribution is -2.26. The molecule has 0 N–H and O–H groups in total. The molecule has 0 aliphatic carbocycles. The molecule has 0 aliphatic heterocycles. The van der Waals surface area contributed by atoms with Crippen molar-refractivity contribution < 1.29 is 4.79 Å². The molecular formula is C23H28N4O. The van der Waals surface area contributed by atoms with Crippen molar-refractivity contribution in [3.63, 3.8) is 0 Å². The highest BCUT2D eigenvalue weighted by Crippen LogP contribution is 2.27. The number of amides is 1. The maximum absolute atomic E-state index is 12.8. The molecule has 0 spiro atoms. The van der Waals surface area contributed by atoms with Crippen LogP contribution >= 0.6 is 0 Å². The van der Waals surface area contributed by atoms with E-state index < -0.39 is 0 Å². The van der Waals surface area contributed by atoms with Crippen molar-refractivity contribution in [2.75, 3.05) is 7.05 Å². The minimum absolute atomic E-state index is 0.00907. The smallest absolute Gasteiger partial charge is 0.253 e. The van der Waals surface area contributed by atoms with Crippen molar-refractivity contribution in [3.8, 4) is 11.1 Å².